The zero-order valence-corrected chi connectivity index (χ0v) is 13.5. The van der Waals surface area contributed by atoms with Gasteiger partial charge in [-0.1, -0.05) is 24.3 Å². The summed E-state index contributed by atoms with van der Waals surface area (Å²) in [6, 6.07) is 7.83. The van der Waals surface area contributed by atoms with Crippen LogP contribution in [0.5, 0.6) is 0 Å². The number of benzene rings is 1. The lowest BCUT2D eigenvalue weighted by Crippen LogP contribution is -2.33. The molecule has 1 saturated heterocycles. The summed E-state index contributed by atoms with van der Waals surface area (Å²) in [5.41, 5.74) is 2.04. The van der Waals surface area contributed by atoms with Crippen molar-refractivity contribution in [3.8, 4) is 0 Å². The molecular weight excluding hydrogens is 316 g/mol. The number of nitrogens with zero attached hydrogens (tertiary/aromatic N) is 2. The van der Waals surface area contributed by atoms with Crippen LogP contribution in [0.2, 0.25) is 0 Å². The molecule has 1 heterocycles. The van der Waals surface area contributed by atoms with Crippen LogP contribution < -0.4 is 4.90 Å². The van der Waals surface area contributed by atoms with Gasteiger partial charge in [-0.15, -0.1) is 0 Å². The minimum atomic E-state index is -1.22. The largest absolute Gasteiger partial charge is 0.480 e. The Hall–Kier alpha value is -2.54. The molecule has 1 N–H and O–H groups in total. The molecule has 1 aliphatic heterocycles. The summed E-state index contributed by atoms with van der Waals surface area (Å²) in [5, 5.41) is 8.13. The van der Waals surface area contributed by atoms with Crippen LogP contribution in [0, 0.1) is 0 Å². The molecule has 23 heavy (non-hydrogen) atoms. The fourth-order valence-corrected chi connectivity index (χ4v) is 2.71. The van der Waals surface area contributed by atoms with E-state index in [0.717, 1.165) is 27.9 Å². The Morgan fingerprint density at radius 1 is 1.26 bits per heavy atom. The van der Waals surface area contributed by atoms with E-state index in [0.29, 0.717) is 0 Å². The molecule has 0 saturated carbocycles. The Balaban J connectivity index is 2.06. The summed E-state index contributed by atoms with van der Waals surface area (Å²) < 4.78 is 0. The van der Waals surface area contributed by atoms with Crippen LogP contribution in [0.4, 0.5) is 10.5 Å². The predicted molar refractivity (Wildman–Crippen MR) is 90.2 cm³/mol. The van der Waals surface area contributed by atoms with Crippen LogP contribution >= 0.6 is 11.8 Å². The van der Waals surface area contributed by atoms with Gasteiger partial charge in [-0.25, -0.2) is 0 Å². The lowest BCUT2D eigenvalue weighted by Gasteiger charge is -2.11. The Kier molecular flexibility index (Phi) is 5.23. The van der Waals surface area contributed by atoms with Gasteiger partial charge in [0.15, 0.2) is 0 Å². The van der Waals surface area contributed by atoms with Crippen molar-refractivity contribution in [3.63, 3.8) is 0 Å². The van der Waals surface area contributed by atoms with Gasteiger partial charge in [0.1, 0.15) is 6.54 Å². The summed E-state index contributed by atoms with van der Waals surface area (Å²) in [7, 11) is 3.91. The average molecular weight is 332 g/mol. The Labute approximate surface area is 138 Å². The van der Waals surface area contributed by atoms with Gasteiger partial charge in [-0.2, -0.15) is 0 Å². The maximum absolute atomic E-state index is 11.9. The van der Waals surface area contributed by atoms with Crippen molar-refractivity contribution in [2.45, 2.75) is 0 Å². The second-order valence-corrected chi connectivity index (χ2v) is 6.02. The highest BCUT2D eigenvalue weighted by atomic mass is 32.2. The van der Waals surface area contributed by atoms with Crippen LogP contribution in [0.3, 0.4) is 0 Å². The molecule has 7 heteroatoms. The van der Waals surface area contributed by atoms with Crippen molar-refractivity contribution in [1.82, 2.24) is 4.90 Å². The van der Waals surface area contributed by atoms with E-state index >= 15 is 0 Å². The molecule has 0 radical (unpaired) electrons. The summed E-state index contributed by atoms with van der Waals surface area (Å²) in [6.07, 6.45) is 5.00. The zero-order chi connectivity index (χ0) is 17.0. The normalized spacial score (nSPS) is 16.6. The van der Waals surface area contributed by atoms with E-state index in [2.05, 4.69) is 0 Å². The van der Waals surface area contributed by atoms with E-state index in [9.17, 15) is 14.4 Å². The molecular formula is C16H16N2O4S. The van der Waals surface area contributed by atoms with E-state index in [4.69, 9.17) is 5.11 Å². The molecule has 0 atom stereocenters. The van der Waals surface area contributed by atoms with Crippen LogP contribution in [-0.4, -0.2) is 47.8 Å². The molecule has 0 unspecified atom stereocenters. The zero-order valence-electron chi connectivity index (χ0n) is 12.7. The highest BCUT2D eigenvalue weighted by molar-refractivity contribution is 8.18. The first kappa shape index (κ1) is 16.8. The number of carboxylic acid groups (broad SMARTS) is 1. The SMILES string of the molecule is CN(C)c1ccc(C=CC=C2SC(=O)N(CC(=O)O)C2=O)cc1. The first-order chi connectivity index (χ1) is 10.9. The highest BCUT2D eigenvalue weighted by Gasteiger charge is 2.35. The average Bonchev–Trinajstić information content (AvgIpc) is 2.75. The monoisotopic (exact) mass is 332 g/mol. The van der Waals surface area contributed by atoms with Crippen molar-refractivity contribution >= 4 is 40.6 Å². The standard InChI is InChI=1S/C16H16N2O4S/c1-17(2)12-8-6-11(7-9-12)4-3-5-13-15(21)18(10-14(19)20)16(22)23-13/h3-9H,10H2,1-2H3,(H,19,20). The van der Waals surface area contributed by atoms with E-state index in [1.54, 1.807) is 6.08 Å². The van der Waals surface area contributed by atoms with Gasteiger partial charge in [-0.05, 0) is 35.5 Å². The highest BCUT2D eigenvalue weighted by Crippen LogP contribution is 2.30. The molecule has 0 bridgehead atoms. The van der Waals surface area contributed by atoms with Crippen LogP contribution in [0.25, 0.3) is 6.08 Å². The number of amides is 2. The first-order valence-electron chi connectivity index (χ1n) is 6.79. The van der Waals surface area contributed by atoms with Gasteiger partial charge in [0.2, 0.25) is 0 Å². The number of aliphatic carboxylic acids is 1. The van der Waals surface area contributed by atoms with Crippen molar-refractivity contribution in [2.24, 2.45) is 0 Å². The van der Waals surface area contributed by atoms with Gasteiger partial charge in [0, 0.05) is 19.8 Å². The number of hydrogen-bond acceptors (Lipinski definition) is 5. The number of hydrogen-bond donors (Lipinski definition) is 1. The predicted octanol–water partition coefficient (Wildman–Crippen LogP) is 2.43. The van der Waals surface area contributed by atoms with E-state index in [1.165, 1.54) is 6.08 Å². The van der Waals surface area contributed by atoms with Crippen LogP contribution in [-0.2, 0) is 9.59 Å². The lowest BCUT2D eigenvalue weighted by atomic mass is 10.2. The summed E-state index contributed by atoms with van der Waals surface area (Å²) in [4.78, 5) is 37.1. The smallest absolute Gasteiger partial charge is 0.323 e. The van der Waals surface area contributed by atoms with Crippen molar-refractivity contribution in [2.75, 3.05) is 25.5 Å². The molecule has 2 amide bonds. The molecule has 120 valence electrons. The number of anilines is 1. The van der Waals surface area contributed by atoms with E-state index in [-0.39, 0.29) is 4.91 Å². The fourth-order valence-electron chi connectivity index (χ4n) is 1.92. The second-order valence-electron chi connectivity index (χ2n) is 5.03. The number of thioether (sulfide) groups is 1. The van der Waals surface area contributed by atoms with Gasteiger partial charge in [0.25, 0.3) is 11.1 Å². The molecule has 0 spiro atoms. The van der Waals surface area contributed by atoms with Gasteiger partial charge >= 0.3 is 5.97 Å². The quantitative estimate of drug-likeness (QED) is 0.835. The first-order valence-corrected chi connectivity index (χ1v) is 7.61. The Morgan fingerprint density at radius 2 is 1.91 bits per heavy atom. The maximum atomic E-state index is 11.9. The number of allylic oxidation sites excluding steroid dienone is 2. The van der Waals surface area contributed by atoms with Crippen LogP contribution in [0.1, 0.15) is 5.56 Å². The van der Waals surface area contributed by atoms with Gasteiger partial charge in [0.05, 0.1) is 4.91 Å². The number of carboxylic acids is 1. The molecule has 6 nitrogen and oxygen atoms in total. The third-order valence-electron chi connectivity index (χ3n) is 3.11. The number of carbonyl (C=O) groups excluding carboxylic acids is 2. The fraction of sp³-hybridized carbons (Fsp3) is 0.188. The molecule has 0 aromatic heterocycles. The summed E-state index contributed by atoms with van der Waals surface area (Å²) in [5.74, 6) is -1.79. The molecule has 0 aliphatic carbocycles. The van der Waals surface area contributed by atoms with Crippen LogP contribution in [0.15, 0.2) is 41.3 Å². The second kappa shape index (κ2) is 7.15. The Bertz CT molecular complexity index is 693. The summed E-state index contributed by atoms with van der Waals surface area (Å²) in [6.45, 7) is -0.613. The van der Waals surface area contributed by atoms with Crippen molar-refractivity contribution in [1.29, 1.82) is 0 Å². The molecule has 2 rings (SSSR count). The molecule has 1 aromatic rings. The number of rotatable bonds is 5. The third kappa shape index (κ3) is 4.23. The Morgan fingerprint density at radius 3 is 2.48 bits per heavy atom. The summed E-state index contributed by atoms with van der Waals surface area (Å²) >= 11 is 0.743. The minimum absolute atomic E-state index is 0.220. The topological polar surface area (TPSA) is 77.9 Å². The van der Waals surface area contributed by atoms with Crippen molar-refractivity contribution < 1.29 is 19.5 Å². The van der Waals surface area contributed by atoms with E-state index < -0.39 is 23.7 Å². The van der Waals surface area contributed by atoms with Crippen molar-refractivity contribution in [3.05, 3.63) is 46.9 Å². The molecule has 1 fully saturated rings. The lowest BCUT2D eigenvalue weighted by molar-refractivity contribution is -0.140. The number of carbonyl (C=O) groups is 3. The van der Waals surface area contributed by atoms with E-state index in [1.807, 2.05) is 49.3 Å². The van der Waals surface area contributed by atoms with Gasteiger partial charge in [-0.3, -0.25) is 19.3 Å². The molecule has 1 aromatic carbocycles. The van der Waals surface area contributed by atoms with Gasteiger partial charge < -0.3 is 10.0 Å². The molecule has 1 aliphatic rings. The third-order valence-corrected chi connectivity index (χ3v) is 4.04. The minimum Gasteiger partial charge on any atom is -0.480 e. The number of imide groups is 1. The maximum Gasteiger partial charge on any atom is 0.323 e.